The Morgan fingerprint density at radius 3 is 2.77 bits per heavy atom. The quantitative estimate of drug-likeness (QED) is 0.718. The summed E-state index contributed by atoms with van der Waals surface area (Å²) < 4.78 is 5.31. The second-order valence-electron chi connectivity index (χ2n) is 6.29. The van der Waals surface area contributed by atoms with Crippen LogP contribution in [0.3, 0.4) is 0 Å². The van der Waals surface area contributed by atoms with Crippen LogP contribution in [0.15, 0.2) is 53.3 Å². The van der Waals surface area contributed by atoms with Crippen LogP contribution in [0.1, 0.15) is 23.1 Å². The van der Waals surface area contributed by atoms with E-state index in [0.29, 0.717) is 24.9 Å². The Kier molecular flexibility index (Phi) is 5.37. The molecule has 5 heteroatoms. The highest BCUT2D eigenvalue weighted by atomic mass is 16.5. The van der Waals surface area contributed by atoms with Gasteiger partial charge in [-0.3, -0.25) is 9.59 Å². The van der Waals surface area contributed by atoms with Crippen LogP contribution in [0.25, 0.3) is 10.9 Å². The number of aromatic amines is 1. The predicted molar refractivity (Wildman–Crippen MR) is 102 cm³/mol. The fraction of sp³-hybridized carbons (Fsp3) is 0.238. The van der Waals surface area contributed by atoms with Gasteiger partial charge in [-0.1, -0.05) is 24.3 Å². The van der Waals surface area contributed by atoms with Crippen LogP contribution < -0.4 is 15.6 Å². The molecule has 1 heterocycles. The molecular weight excluding hydrogens is 328 g/mol. The molecule has 0 bridgehead atoms. The number of hydrogen-bond acceptors (Lipinski definition) is 3. The molecule has 3 rings (SSSR count). The van der Waals surface area contributed by atoms with Crippen LogP contribution in [-0.4, -0.2) is 18.0 Å². The number of carbonyl (C=O) groups excluding carboxylic acids is 1. The van der Waals surface area contributed by atoms with Crippen LogP contribution in [0.4, 0.5) is 0 Å². The van der Waals surface area contributed by atoms with E-state index in [2.05, 4.69) is 10.3 Å². The number of hydrogen-bond donors (Lipinski definition) is 2. The van der Waals surface area contributed by atoms with Crippen molar-refractivity contribution >= 4 is 16.8 Å². The number of nitrogens with one attached hydrogen (secondary N) is 2. The summed E-state index contributed by atoms with van der Waals surface area (Å²) in [5, 5.41) is 3.91. The number of rotatable bonds is 6. The molecule has 0 aliphatic rings. The predicted octanol–water partition coefficient (Wildman–Crippen LogP) is 3.09. The number of aromatic nitrogens is 1. The monoisotopic (exact) mass is 350 g/mol. The first-order chi connectivity index (χ1) is 12.6. The number of para-hydroxylation sites is 1. The van der Waals surface area contributed by atoms with Gasteiger partial charge in [-0.15, -0.1) is 0 Å². The molecule has 0 saturated carbocycles. The molecule has 0 unspecified atom stereocenters. The van der Waals surface area contributed by atoms with E-state index >= 15 is 0 Å². The van der Waals surface area contributed by atoms with Crippen LogP contribution in [0, 0.1) is 6.92 Å². The number of pyridine rings is 1. The first-order valence-electron chi connectivity index (χ1n) is 8.58. The highest BCUT2D eigenvalue weighted by Gasteiger charge is 2.07. The lowest BCUT2D eigenvalue weighted by Crippen LogP contribution is -2.23. The molecule has 2 aromatic carbocycles. The van der Waals surface area contributed by atoms with Crippen molar-refractivity contribution in [2.24, 2.45) is 0 Å². The Hall–Kier alpha value is -3.08. The van der Waals surface area contributed by atoms with E-state index in [9.17, 15) is 9.59 Å². The molecule has 0 radical (unpaired) electrons. The molecule has 0 aliphatic carbocycles. The molecule has 2 N–H and O–H groups in total. The van der Waals surface area contributed by atoms with Crippen molar-refractivity contribution < 1.29 is 9.53 Å². The second kappa shape index (κ2) is 7.87. The summed E-state index contributed by atoms with van der Waals surface area (Å²) in [6, 6.07) is 15.3. The van der Waals surface area contributed by atoms with Crippen LogP contribution >= 0.6 is 0 Å². The van der Waals surface area contributed by atoms with E-state index in [1.54, 1.807) is 14.0 Å². The highest BCUT2D eigenvalue weighted by molar-refractivity contribution is 5.80. The number of methoxy groups -OCH3 is 1. The van der Waals surface area contributed by atoms with Crippen molar-refractivity contribution in [3.8, 4) is 5.75 Å². The number of ether oxygens (including phenoxy) is 1. The fourth-order valence-corrected chi connectivity index (χ4v) is 2.92. The van der Waals surface area contributed by atoms with Gasteiger partial charge in [0.15, 0.2) is 0 Å². The maximum Gasteiger partial charge on any atom is 0.251 e. The van der Waals surface area contributed by atoms with Gasteiger partial charge >= 0.3 is 0 Å². The Balaban J connectivity index is 1.60. The number of benzene rings is 2. The first kappa shape index (κ1) is 17.7. The molecule has 26 heavy (non-hydrogen) atoms. The largest absolute Gasteiger partial charge is 0.496 e. The fourth-order valence-electron chi connectivity index (χ4n) is 2.92. The third-order valence-electron chi connectivity index (χ3n) is 4.40. The van der Waals surface area contributed by atoms with Gasteiger partial charge < -0.3 is 15.0 Å². The van der Waals surface area contributed by atoms with E-state index in [-0.39, 0.29) is 11.5 Å². The van der Waals surface area contributed by atoms with Crippen LogP contribution in [-0.2, 0) is 17.8 Å². The topological polar surface area (TPSA) is 71.2 Å². The SMILES string of the molecule is COc1ccccc1CCC(=O)NCc1ccc2[nH]c(=O)c(C)cc2c1. The van der Waals surface area contributed by atoms with E-state index in [0.717, 1.165) is 27.8 Å². The van der Waals surface area contributed by atoms with Gasteiger partial charge in [0.25, 0.3) is 5.56 Å². The number of carbonyl (C=O) groups is 1. The van der Waals surface area contributed by atoms with Gasteiger partial charge in [-0.25, -0.2) is 0 Å². The molecular formula is C21H22N2O3. The summed E-state index contributed by atoms with van der Waals surface area (Å²) in [4.78, 5) is 26.6. The summed E-state index contributed by atoms with van der Waals surface area (Å²) in [6.07, 6.45) is 1.04. The summed E-state index contributed by atoms with van der Waals surface area (Å²) >= 11 is 0. The molecule has 134 valence electrons. The zero-order valence-electron chi connectivity index (χ0n) is 15.0. The molecule has 1 aromatic heterocycles. The van der Waals surface area contributed by atoms with E-state index in [1.165, 1.54) is 0 Å². The summed E-state index contributed by atoms with van der Waals surface area (Å²) in [5.74, 6) is 0.799. The Bertz CT molecular complexity index is 992. The number of H-pyrrole nitrogens is 1. The van der Waals surface area contributed by atoms with Gasteiger partial charge in [-0.05, 0) is 54.1 Å². The van der Waals surface area contributed by atoms with Gasteiger partial charge in [-0.2, -0.15) is 0 Å². The lowest BCUT2D eigenvalue weighted by molar-refractivity contribution is -0.121. The Morgan fingerprint density at radius 1 is 1.15 bits per heavy atom. The molecule has 3 aromatic rings. The summed E-state index contributed by atoms with van der Waals surface area (Å²) in [7, 11) is 1.63. The molecule has 0 fully saturated rings. The standard InChI is InChI=1S/C21H22N2O3/c1-14-11-17-12-15(7-9-18(17)23-21(14)25)13-22-20(24)10-8-16-5-3-4-6-19(16)26-2/h3-7,9,11-12H,8,10,13H2,1-2H3,(H,22,24)(H,23,25). The third kappa shape index (κ3) is 4.11. The van der Waals surface area contributed by atoms with Crippen molar-refractivity contribution in [1.82, 2.24) is 10.3 Å². The third-order valence-corrected chi connectivity index (χ3v) is 4.40. The minimum absolute atomic E-state index is 0.00588. The zero-order chi connectivity index (χ0) is 18.5. The van der Waals surface area contributed by atoms with Gasteiger partial charge in [0, 0.05) is 24.0 Å². The first-order valence-corrected chi connectivity index (χ1v) is 8.58. The lowest BCUT2D eigenvalue weighted by atomic mass is 10.1. The smallest absolute Gasteiger partial charge is 0.251 e. The van der Waals surface area contributed by atoms with Crippen molar-refractivity contribution in [2.75, 3.05) is 7.11 Å². The van der Waals surface area contributed by atoms with Gasteiger partial charge in [0.2, 0.25) is 5.91 Å². The zero-order valence-corrected chi connectivity index (χ0v) is 15.0. The molecule has 0 atom stereocenters. The van der Waals surface area contributed by atoms with Gasteiger partial charge in [0.1, 0.15) is 5.75 Å². The second-order valence-corrected chi connectivity index (χ2v) is 6.29. The van der Waals surface area contributed by atoms with Crippen molar-refractivity contribution in [1.29, 1.82) is 0 Å². The normalized spacial score (nSPS) is 10.7. The van der Waals surface area contributed by atoms with Crippen LogP contribution in [0.2, 0.25) is 0 Å². The van der Waals surface area contributed by atoms with Crippen molar-refractivity contribution in [3.05, 3.63) is 75.6 Å². The van der Waals surface area contributed by atoms with E-state index in [4.69, 9.17) is 4.74 Å². The highest BCUT2D eigenvalue weighted by Crippen LogP contribution is 2.19. The minimum atomic E-state index is -0.0742. The van der Waals surface area contributed by atoms with Crippen molar-refractivity contribution in [2.45, 2.75) is 26.3 Å². The maximum atomic E-state index is 12.2. The van der Waals surface area contributed by atoms with Gasteiger partial charge in [0.05, 0.1) is 7.11 Å². The minimum Gasteiger partial charge on any atom is -0.496 e. The molecule has 0 spiro atoms. The Labute approximate surface area is 152 Å². The van der Waals surface area contributed by atoms with E-state index < -0.39 is 0 Å². The average molecular weight is 350 g/mol. The van der Waals surface area contributed by atoms with Crippen molar-refractivity contribution in [3.63, 3.8) is 0 Å². The number of aryl methyl sites for hydroxylation is 2. The van der Waals surface area contributed by atoms with Crippen LogP contribution in [0.5, 0.6) is 5.75 Å². The molecule has 0 saturated heterocycles. The maximum absolute atomic E-state index is 12.2. The van der Waals surface area contributed by atoms with E-state index in [1.807, 2.05) is 48.5 Å². The number of fused-ring (bicyclic) bond motifs is 1. The molecule has 0 aliphatic heterocycles. The molecule has 5 nitrogen and oxygen atoms in total. The lowest BCUT2D eigenvalue weighted by Gasteiger charge is -2.09. The number of amides is 1. The summed E-state index contributed by atoms with van der Waals surface area (Å²) in [6.45, 7) is 2.24. The average Bonchev–Trinajstić information content (AvgIpc) is 2.65. The summed E-state index contributed by atoms with van der Waals surface area (Å²) in [5.41, 5.74) is 3.42. The molecule has 1 amide bonds. The Morgan fingerprint density at radius 2 is 1.96 bits per heavy atom.